The van der Waals surface area contributed by atoms with Gasteiger partial charge in [0.25, 0.3) is 0 Å². The Kier molecular flexibility index (Phi) is 2.77. The van der Waals surface area contributed by atoms with Crippen LogP contribution in [0, 0.1) is 12.7 Å². The normalized spacial score (nSPS) is 10.1. The predicted molar refractivity (Wildman–Crippen MR) is 59.8 cm³/mol. The number of halogens is 1. The first-order valence-electron chi connectivity index (χ1n) is 4.88. The third kappa shape index (κ3) is 1.98. The molecule has 1 aromatic heterocycles. The zero-order valence-electron chi connectivity index (χ0n) is 8.77. The van der Waals surface area contributed by atoms with Crippen LogP contribution < -0.4 is 0 Å². The minimum atomic E-state index is -0.501. The molecule has 16 heavy (non-hydrogen) atoms. The second kappa shape index (κ2) is 4.23. The fraction of sp³-hybridized carbons (Fsp3) is 0.0769. The van der Waals surface area contributed by atoms with Crippen molar-refractivity contribution >= 4 is 6.29 Å². The van der Waals surface area contributed by atoms with Crippen molar-refractivity contribution in [3.63, 3.8) is 0 Å². The molecule has 0 spiro atoms. The monoisotopic (exact) mass is 215 g/mol. The lowest BCUT2D eigenvalue weighted by Crippen LogP contribution is -1.89. The average molecular weight is 215 g/mol. The third-order valence-corrected chi connectivity index (χ3v) is 2.37. The van der Waals surface area contributed by atoms with Gasteiger partial charge < -0.3 is 0 Å². The molecule has 1 heterocycles. The smallest absolute Gasteiger partial charge is 0.153 e. The molecule has 2 rings (SSSR count). The number of aromatic nitrogens is 1. The Morgan fingerprint density at radius 1 is 1.19 bits per heavy atom. The van der Waals surface area contributed by atoms with Gasteiger partial charge in [-0.1, -0.05) is 12.1 Å². The van der Waals surface area contributed by atoms with Crippen molar-refractivity contribution in [1.82, 2.24) is 4.98 Å². The number of carbonyl (C=O) groups excluding carboxylic acids is 1. The maximum Gasteiger partial charge on any atom is 0.153 e. The van der Waals surface area contributed by atoms with Gasteiger partial charge in [0.15, 0.2) is 6.29 Å². The zero-order chi connectivity index (χ0) is 11.5. The van der Waals surface area contributed by atoms with E-state index in [1.165, 1.54) is 12.1 Å². The molecule has 0 saturated heterocycles. The van der Waals surface area contributed by atoms with Crippen LogP contribution in [0.4, 0.5) is 4.39 Å². The standard InChI is InChI=1S/C13H10FNO/c1-9-2-3-11(7-15-9)10-4-5-13(14)12(6-10)8-16/h2-8H,1H3. The summed E-state index contributed by atoms with van der Waals surface area (Å²) < 4.78 is 13.1. The van der Waals surface area contributed by atoms with E-state index in [1.807, 2.05) is 19.1 Å². The van der Waals surface area contributed by atoms with Gasteiger partial charge in [-0.15, -0.1) is 0 Å². The van der Waals surface area contributed by atoms with Crippen molar-refractivity contribution < 1.29 is 9.18 Å². The molecule has 0 N–H and O–H groups in total. The SMILES string of the molecule is Cc1ccc(-c2ccc(F)c(C=O)c2)cn1. The molecular formula is C13H10FNO. The number of nitrogens with zero attached hydrogens (tertiary/aromatic N) is 1. The lowest BCUT2D eigenvalue weighted by Gasteiger charge is -2.03. The van der Waals surface area contributed by atoms with Gasteiger partial charge in [-0.05, 0) is 30.7 Å². The van der Waals surface area contributed by atoms with Crippen molar-refractivity contribution in [3.8, 4) is 11.1 Å². The molecule has 0 aliphatic heterocycles. The highest BCUT2D eigenvalue weighted by molar-refractivity contribution is 5.79. The average Bonchev–Trinajstić information content (AvgIpc) is 2.31. The van der Waals surface area contributed by atoms with E-state index in [4.69, 9.17) is 0 Å². The summed E-state index contributed by atoms with van der Waals surface area (Å²) in [6.45, 7) is 1.89. The van der Waals surface area contributed by atoms with Crippen molar-refractivity contribution in [1.29, 1.82) is 0 Å². The lowest BCUT2D eigenvalue weighted by molar-refractivity contribution is 0.112. The summed E-state index contributed by atoms with van der Waals surface area (Å²) in [7, 11) is 0. The summed E-state index contributed by atoms with van der Waals surface area (Å²) in [4.78, 5) is 14.8. The van der Waals surface area contributed by atoms with Gasteiger partial charge in [-0.2, -0.15) is 0 Å². The highest BCUT2D eigenvalue weighted by Gasteiger charge is 2.04. The summed E-state index contributed by atoms with van der Waals surface area (Å²) >= 11 is 0. The molecule has 2 aromatic rings. The zero-order valence-corrected chi connectivity index (χ0v) is 8.77. The number of aldehydes is 1. The van der Waals surface area contributed by atoms with E-state index < -0.39 is 5.82 Å². The van der Waals surface area contributed by atoms with Crippen LogP contribution in [0.5, 0.6) is 0 Å². The van der Waals surface area contributed by atoms with Gasteiger partial charge in [-0.25, -0.2) is 4.39 Å². The van der Waals surface area contributed by atoms with Crippen molar-refractivity contribution in [2.45, 2.75) is 6.92 Å². The molecule has 80 valence electrons. The van der Waals surface area contributed by atoms with Crippen LogP contribution in [-0.2, 0) is 0 Å². The second-order valence-electron chi connectivity index (χ2n) is 3.54. The molecule has 1 aromatic carbocycles. The summed E-state index contributed by atoms with van der Waals surface area (Å²) in [5, 5.41) is 0. The minimum absolute atomic E-state index is 0.0677. The molecule has 2 nitrogen and oxygen atoms in total. The van der Waals surface area contributed by atoms with E-state index in [0.717, 1.165) is 16.8 Å². The summed E-state index contributed by atoms with van der Waals surface area (Å²) in [6, 6.07) is 8.21. The Labute approximate surface area is 92.8 Å². The van der Waals surface area contributed by atoms with E-state index in [1.54, 1.807) is 12.3 Å². The molecule has 0 amide bonds. The van der Waals surface area contributed by atoms with Crippen LogP contribution in [0.3, 0.4) is 0 Å². The summed E-state index contributed by atoms with van der Waals surface area (Å²) in [5.74, 6) is -0.501. The van der Waals surface area contributed by atoms with E-state index in [9.17, 15) is 9.18 Å². The van der Waals surface area contributed by atoms with Crippen molar-refractivity contribution in [3.05, 3.63) is 53.6 Å². The Morgan fingerprint density at radius 3 is 2.56 bits per heavy atom. The predicted octanol–water partition coefficient (Wildman–Crippen LogP) is 3.01. The molecule has 0 radical (unpaired) electrons. The van der Waals surface area contributed by atoms with Crippen molar-refractivity contribution in [2.24, 2.45) is 0 Å². The fourth-order valence-electron chi connectivity index (χ4n) is 1.45. The highest BCUT2D eigenvalue weighted by atomic mass is 19.1. The number of hydrogen-bond acceptors (Lipinski definition) is 2. The fourth-order valence-corrected chi connectivity index (χ4v) is 1.45. The van der Waals surface area contributed by atoms with E-state index in [0.29, 0.717) is 6.29 Å². The topological polar surface area (TPSA) is 30.0 Å². The van der Waals surface area contributed by atoms with Crippen LogP contribution in [0.2, 0.25) is 0 Å². The highest BCUT2D eigenvalue weighted by Crippen LogP contribution is 2.20. The lowest BCUT2D eigenvalue weighted by atomic mass is 10.0. The maximum absolute atomic E-state index is 13.1. The number of benzene rings is 1. The number of hydrogen-bond donors (Lipinski definition) is 0. The number of carbonyl (C=O) groups is 1. The minimum Gasteiger partial charge on any atom is -0.298 e. The second-order valence-corrected chi connectivity index (χ2v) is 3.54. The van der Waals surface area contributed by atoms with Crippen molar-refractivity contribution in [2.75, 3.05) is 0 Å². The van der Waals surface area contributed by atoms with Gasteiger partial charge in [0.05, 0.1) is 5.56 Å². The molecule has 3 heteroatoms. The van der Waals surface area contributed by atoms with E-state index >= 15 is 0 Å². The van der Waals surface area contributed by atoms with E-state index in [-0.39, 0.29) is 5.56 Å². The van der Waals surface area contributed by atoms with E-state index in [2.05, 4.69) is 4.98 Å². The Bertz CT molecular complexity index is 520. The van der Waals surface area contributed by atoms with Crippen LogP contribution in [0.25, 0.3) is 11.1 Å². The Morgan fingerprint density at radius 2 is 1.94 bits per heavy atom. The van der Waals surface area contributed by atoms with Crippen LogP contribution in [-0.4, -0.2) is 11.3 Å². The van der Waals surface area contributed by atoms with Gasteiger partial charge in [-0.3, -0.25) is 9.78 Å². The summed E-state index contributed by atoms with van der Waals surface area (Å²) in [6.07, 6.45) is 2.22. The molecule has 0 aliphatic carbocycles. The number of rotatable bonds is 2. The molecule has 0 bridgehead atoms. The largest absolute Gasteiger partial charge is 0.298 e. The maximum atomic E-state index is 13.1. The summed E-state index contributed by atoms with van der Waals surface area (Å²) in [5.41, 5.74) is 2.64. The molecule has 0 aliphatic rings. The Balaban J connectivity index is 2.48. The molecule has 0 unspecified atom stereocenters. The number of pyridine rings is 1. The van der Waals surface area contributed by atoms with Crippen LogP contribution >= 0.6 is 0 Å². The molecule has 0 fully saturated rings. The van der Waals surface area contributed by atoms with Crippen LogP contribution in [0.1, 0.15) is 16.1 Å². The molecule has 0 saturated carbocycles. The van der Waals surface area contributed by atoms with Crippen LogP contribution in [0.15, 0.2) is 36.5 Å². The molecular weight excluding hydrogens is 205 g/mol. The van der Waals surface area contributed by atoms with Gasteiger partial charge in [0.1, 0.15) is 5.82 Å². The van der Waals surface area contributed by atoms with Gasteiger partial charge in [0.2, 0.25) is 0 Å². The third-order valence-electron chi connectivity index (χ3n) is 2.37. The quantitative estimate of drug-likeness (QED) is 0.721. The van der Waals surface area contributed by atoms with Gasteiger partial charge in [0, 0.05) is 17.5 Å². The first-order chi connectivity index (χ1) is 7.70. The first-order valence-corrected chi connectivity index (χ1v) is 4.88. The Hall–Kier alpha value is -2.03. The molecule has 0 atom stereocenters. The van der Waals surface area contributed by atoms with Gasteiger partial charge >= 0.3 is 0 Å². The number of aryl methyl sites for hydroxylation is 1. The first kappa shape index (κ1) is 10.5.